The average molecular weight is 242 g/mol. The highest BCUT2D eigenvalue weighted by Crippen LogP contribution is 2.29. The Labute approximate surface area is 101 Å². The summed E-state index contributed by atoms with van der Waals surface area (Å²) >= 11 is 0. The van der Waals surface area contributed by atoms with Crippen LogP contribution in [0.3, 0.4) is 0 Å². The molecule has 0 saturated heterocycles. The summed E-state index contributed by atoms with van der Waals surface area (Å²) < 4.78 is 4.54. The first-order chi connectivity index (χ1) is 8.58. The predicted molar refractivity (Wildman–Crippen MR) is 60.7 cm³/mol. The van der Waals surface area contributed by atoms with E-state index in [-0.39, 0.29) is 16.7 Å². The number of rotatable bonds is 1. The predicted octanol–water partition coefficient (Wildman–Crippen LogP) is 1.85. The molecule has 88 valence electrons. The van der Waals surface area contributed by atoms with Crippen LogP contribution in [0.1, 0.15) is 31.1 Å². The van der Waals surface area contributed by atoms with Crippen LogP contribution >= 0.6 is 0 Å². The van der Waals surface area contributed by atoms with E-state index in [1.807, 2.05) is 0 Å². The second-order valence-electron chi connectivity index (χ2n) is 3.91. The standard InChI is InChI=1S/C13H6O5/c14-11(15)8-3-1-2-6-4-7-5-9(10(6)8)13(17)18-12(7)16/h1-5H,(H,14,15). The minimum atomic E-state index is -1.13. The van der Waals surface area contributed by atoms with Crippen molar-refractivity contribution in [1.29, 1.82) is 0 Å². The van der Waals surface area contributed by atoms with Gasteiger partial charge in [0.25, 0.3) is 0 Å². The van der Waals surface area contributed by atoms with Crippen molar-refractivity contribution >= 4 is 28.7 Å². The molecule has 1 N–H and O–H groups in total. The number of carbonyl (C=O) groups excluding carboxylic acids is 2. The van der Waals surface area contributed by atoms with Crippen molar-refractivity contribution in [1.82, 2.24) is 0 Å². The highest BCUT2D eigenvalue weighted by Gasteiger charge is 2.27. The lowest BCUT2D eigenvalue weighted by Crippen LogP contribution is -2.20. The summed E-state index contributed by atoms with van der Waals surface area (Å²) in [6, 6.07) is 7.50. The highest BCUT2D eigenvalue weighted by atomic mass is 16.6. The van der Waals surface area contributed by atoms with E-state index in [4.69, 9.17) is 5.11 Å². The number of hydrogen-bond donors (Lipinski definition) is 1. The van der Waals surface area contributed by atoms with E-state index >= 15 is 0 Å². The van der Waals surface area contributed by atoms with Gasteiger partial charge in [-0.1, -0.05) is 12.1 Å². The highest BCUT2D eigenvalue weighted by molar-refractivity contribution is 6.19. The molecule has 0 saturated carbocycles. The Balaban J connectivity index is 2.49. The number of cyclic esters (lactones) is 2. The smallest absolute Gasteiger partial charge is 0.346 e. The Morgan fingerprint density at radius 3 is 2.61 bits per heavy atom. The SMILES string of the molecule is O=C1OC(=O)c2cc1cc1cccc(C(=O)O)c21. The summed E-state index contributed by atoms with van der Waals surface area (Å²) in [6.45, 7) is 0. The van der Waals surface area contributed by atoms with Crippen LogP contribution in [0.25, 0.3) is 10.8 Å². The molecule has 0 aliphatic carbocycles. The molecule has 1 aliphatic rings. The molecule has 18 heavy (non-hydrogen) atoms. The first kappa shape index (κ1) is 10.5. The zero-order valence-corrected chi connectivity index (χ0v) is 8.97. The molecule has 0 atom stereocenters. The van der Waals surface area contributed by atoms with Crippen LogP contribution in [0.15, 0.2) is 30.3 Å². The lowest BCUT2D eigenvalue weighted by atomic mass is 9.95. The summed E-state index contributed by atoms with van der Waals surface area (Å²) in [5, 5.41) is 9.94. The zero-order valence-electron chi connectivity index (χ0n) is 8.97. The van der Waals surface area contributed by atoms with Gasteiger partial charge in [-0.15, -0.1) is 0 Å². The van der Waals surface area contributed by atoms with Crippen LogP contribution in [-0.2, 0) is 4.74 Å². The molecule has 0 amide bonds. The van der Waals surface area contributed by atoms with Gasteiger partial charge in [-0.05, 0) is 23.6 Å². The maximum absolute atomic E-state index is 11.6. The molecule has 2 aromatic rings. The van der Waals surface area contributed by atoms with Crippen molar-refractivity contribution in [3.05, 3.63) is 47.0 Å². The monoisotopic (exact) mass is 242 g/mol. The van der Waals surface area contributed by atoms with Crippen LogP contribution in [0.5, 0.6) is 0 Å². The van der Waals surface area contributed by atoms with E-state index in [9.17, 15) is 14.4 Å². The van der Waals surface area contributed by atoms with Crippen molar-refractivity contribution in [2.75, 3.05) is 0 Å². The van der Waals surface area contributed by atoms with Gasteiger partial charge < -0.3 is 9.84 Å². The number of ether oxygens (including phenoxy) is 1. The summed E-state index contributed by atoms with van der Waals surface area (Å²) in [5.74, 6) is -2.66. The Kier molecular flexibility index (Phi) is 1.98. The first-order valence-electron chi connectivity index (χ1n) is 5.14. The molecule has 5 heteroatoms. The van der Waals surface area contributed by atoms with Crippen LogP contribution < -0.4 is 0 Å². The van der Waals surface area contributed by atoms with Gasteiger partial charge in [-0.2, -0.15) is 0 Å². The number of esters is 2. The summed E-state index contributed by atoms with van der Waals surface area (Å²) in [6.07, 6.45) is 0. The van der Waals surface area contributed by atoms with Gasteiger partial charge in [0.05, 0.1) is 16.7 Å². The molecule has 0 radical (unpaired) electrons. The summed E-state index contributed by atoms with van der Waals surface area (Å²) in [4.78, 5) is 34.1. The largest absolute Gasteiger partial charge is 0.478 e. The number of aromatic carboxylic acids is 1. The van der Waals surface area contributed by atoms with E-state index in [2.05, 4.69) is 4.74 Å². The van der Waals surface area contributed by atoms with E-state index in [0.29, 0.717) is 10.8 Å². The molecule has 2 bridgehead atoms. The van der Waals surface area contributed by atoms with Crippen molar-refractivity contribution in [2.45, 2.75) is 0 Å². The van der Waals surface area contributed by atoms with Gasteiger partial charge in [0.1, 0.15) is 0 Å². The summed E-state index contributed by atoms with van der Waals surface area (Å²) in [7, 11) is 0. The third kappa shape index (κ3) is 1.31. The van der Waals surface area contributed by atoms with Crippen molar-refractivity contribution < 1.29 is 24.2 Å². The Bertz CT molecular complexity index is 729. The topological polar surface area (TPSA) is 80.7 Å². The van der Waals surface area contributed by atoms with Gasteiger partial charge in [0.2, 0.25) is 0 Å². The van der Waals surface area contributed by atoms with Crippen LogP contribution in [0.4, 0.5) is 0 Å². The van der Waals surface area contributed by atoms with Crippen molar-refractivity contribution in [3.63, 3.8) is 0 Å². The first-order valence-corrected chi connectivity index (χ1v) is 5.14. The van der Waals surface area contributed by atoms with Gasteiger partial charge in [-0.3, -0.25) is 0 Å². The van der Waals surface area contributed by atoms with Gasteiger partial charge in [0.15, 0.2) is 0 Å². The molecule has 5 nitrogen and oxygen atoms in total. The summed E-state index contributed by atoms with van der Waals surface area (Å²) in [5.41, 5.74) is 0.375. The fraction of sp³-hybridized carbons (Fsp3) is 0. The lowest BCUT2D eigenvalue weighted by molar-refractivity contribution is 0.0386. The minimum Gasteiger partial charge on any atom is -0.478 e. The number of carboxylic acids is 1. The number of carboxylic acid groups (broad SMARTS) is 1. The lowest BCUT2D eigenvalue weighted by Gasteiger charge is -2.15. The maximum Gasteiger partial charge on any atom is 0.346 e. The molecular weight excluding hydrogens is 236 g/mol. The van der Waals surface area contributed by atoms with Gasteiger partial charge >= 0.3 is 17.9 Å². The molecule has 0 fully saturated rings. The fourth-order valence-electron chi connectivity index (χ4n) is 2.08. The third-order valence-electron chi connectivity index (χ3n) is 2.85. The normalized spacial score (nSPS) is 13.6. The van der Waals surface area contributed by atoms with E-state index in [1.54, 1.807) is 12.1 Å². The quantitative estimate of drug-likeness (QED) is 0.609. The Hall–Kier alpha value is -2.69. The number of benzene rings is 2. The van der Waals surface area contributed by atoms with Gasteiger partial charge in [-0.25, -0.2) is 14.4 Å². The molecule has 3 rings (SSSR count). The Morgan fingerprint density at radius 2 is 1.89 bits per heavy atom. The van der Waals surface area contributed by atoms with Crippen LogP contribution in [-0.4, -0.2) is 23.0 Å². The van der Waals surface area contributed by atoms with E-state index in [1.165, 1.54) is 18.2 Å². The maximum atomic E-state index is 11.6. The second-order valence-corrected chi connectivity index (χ2v) is 3.91. The zero-order chi connectivity index (χ0) is 12.9. The molecule has 0 unspecified atom stereocenters. The molecule has 1 aliphatic heterocycles. The van der Waals surface area contributed by atoms with Crippen LogP contribution in [0, 0.1) is 0 Å². The molecular formula is C13H6O5. The van der Waals surface area contributed by atoms with Crippen molar-refractivity contribution in [2.24, 2.45) is 0 Å². The average Bonchev–Trinajstić information content (AvgIpc) is 2.34. The van der Waals surface area contributed by atoms with Crippen molar-refractivity contribution in [3.8, 4) is 0 Å². The fourth-order valence-corrected chi connectivity index (χ4v) is 2.08. The number of carbonyl (C=O) groups is 3. The van der Waals surface area contributed by atoms with Crippen LogP contribution in [0.2, 0.25) is 0 Å². The molecule has 0 spiro atoms. The van der Waals surface area contributed by atoms with Gasteiger partial charge in [0, 0.05) is 5.39 Å². The molecule has 0 aromatic heterocycles. The minimum absolute atomic E-state index is 0.0142. The Morgan fingerprint density at radius 1 is 1.11 bits per heavy atom. The number of fused-ring (bicyclic) bond motifs is 4. The van der Waals surface area contributed by atoms with E-state index < -0.39 is 17.9 Å². The number of hydrogen-bond acceptors (Lipinski definition) is 4. The molecule has 2 aromatic carbocycles. The molecule has 1 heterocycles. The third-order valence-corrected chi connectivity index (χ3v) is 2.85. The van der Waals surface area contributed by atoms with E-state index in [0.717, 1.165) is 0 Å². The second kappa shape index (κ2) is 3.40.